The van der Waals surface area contributed by atoms with Crippen LogP contribution in [0.4, 0.5) is 0 Å². The number of carbonyl (C=O) groups is 2. The fraction of sp³-hybridized carbons (Fsp3) is 0.389. The van der Waals surface area contributed by atoms with Gasteiger partial charge >= 0.3 is 16.9 Å². The fourth-order valence-corrected chi connectivity index (χ4v) is 8.77. The van der Waals surface area contributed by atoms with Crippen LogP contribution in [0.3, 0.4) is 0 Å². The molecule has 16 nitrogen and oxygen atoms in total. The van der Waals surface area contributed by atoms with Crippen LogP contribution in [0.1, 0.15) is 60.4 Å². The van der Waals surface area contributed by atoms with Gasteiger partial charge in [-0.05, 0) is 72.3 Å². The maximum atomic E-state index is 13.4. The maximum Gasteiger partial charge on any atom is 0.415 e. The molecule has 1 aromatic heterocycles. The summed E-state index contributed by atoms with van der Waals surface area (Å²) in [6.45, 7) is 2.44. The van der Waals surface area contributed by atoms with Crippen molar-refractivity contribution in [3.8, 4) is 28.9 Å². The van der Waals surface area contributed by atoms with Gasteiger partial charge in [0.1, 0.15) is 12.2 Å². The Hall–Kier alpha value is -5.55. The monoisotopic (exact) mass is 748 g/mol. The van der Waals surface area contributed by atoms with Crippen LogP contribution in [0.2, 0.25) is 0 Å². The highest BCUT2D eigenvalue weighted by Crippen LogP contribution is 2.54. The number of nitrogens with one attached hydrogen (secondary N) is 1. The summed E-state index contributed by atoms with van der Waals surface area (Å²) in [5.74, 6) is 1.25. The van der Waals surface area contributed by atoms with Crippen LogP contribution >= 0.6 is 0 Å². The molecular weight excluding hydrogens is 712 g/mol. The number of rotatable bonds is 11. The van der Waals surface area contributed by atoms with Gasteiger partial charge in [-0.3, -0.25) is 19.1 Å². The largest absolute Gasteiger partial charge is 0.461 e. The first-order chi connectivity index (χ1) is 25.6. The molecule has 3 aliphatic heterocycles. The zero-order valence-corrected chi connectivity index (χ0v) is 29.6. The molecule has 1 unspecified atom stereocenters. The number of hydrogen-bond donors (Lipinski definition) is 1. The van der Waals surface area contributed by atoms with Crippen molar-refractivity contribution in [2.75, 3.05) is 27.2 Å². The molecule has 3 aromatic carbocycles. The van der Waals surface area contributed by atoms with E-state index in [-0.39, 0.29) is 67.1 Å². The molecule has 0 saturated heterocycles. The highest BCUT2D eigenvalue weighted by atomic mass is 32.2. The summed E-state index contributed by atoms with van der Waals surface area (Å²) in [4.78, 5) is 27.9. The van der Waals surface area contributed by atoms with E-state index in [4.69, 9.17) is 28.4 Å². The summed E-state index contributed by atoms with van der Waals surface area (Å²) in [5.41, 5.74) is 4.15. The number of aromatic nitrogens is 2. The quantitative estimate of drug-likeness (QED) is 0.174. The Morgan fingerprint density at radius 3 is 2.58 bits per heavy atom. The van der Waals surface area contributed by atoms with E-state index >= 15 is 0 Å². The lowest BCUT2D eigenvalue weighted by Crippen LogP contribution is -2.45. The van der Waals surface area contributed by atoms with Crippen LogP contribution in [-0.2, 0) is 37.1 Å². The molecule has 4 atom stereocenters. The van der Waals surface area contributed by atoms with Crippen LogP contribution in [-0.4, -0.2) is 69.7 Å². The molecule has 1 amide bonds. The number of ether oxygens (including phenoxy) is 6. The highest BCUT2D eigenvalue weighted by molar-refractivity contribution is 7.91. The van der Waals surface area contributed by atoms with E-state index in [0.717, 1.165) is 22.3 Å². The SMILES string of the molecule is CC(CNC(=O)CCCC(=O)O[C@H]1Cc2cc3c(cc2[C@@H]2[C@H]1c1ccc4c(c1CN2C)OCO4)OCO3)Oc1no[n+]([O-])c1S(=O)(=O)c1ccccc1. The van der Waals surface area contributed by atoms with E-state index in [2.05, 4.69) is 20.0 Å². The average molecular weight is 749 g/mol. The van der Waals surface area contributed by atoms with Crippen molar-refractivity contribution in [1.29, 1.82) is 0 Å². The number of likely N-dealkylation sites (N-methyl/N-ethyl adjacent to an activating group) is 1. The molecule has 1 aliphatic carbocycles. The molecule has 4 aromatic rings. The fourth-order valence-electron chi connectivity index (χ4n) is 7.48. The van der Waals surface area contributed by atoms with E-state index in [1.807, 2.05) is 31.3 Å². The third-order valence-electron chi connectivity index (χ3n) is 9.86. The van der Waals surface area contributed by atoms with E-state index in [1.54, 1.807) is 13.0 Å². The summed E-state index contributed by atoms with van der Waals surface area (Å²) in [5, 5.41) is 17.5. The van der Waals surface area contributed by atoms with Crippen molar-refractivity contribution in [3.05, 3.63) is 82.1 Å². The van der Waals surface area contributed by atoms with Crippen molar-refractivity contribution >= 4 is 21.7 Å². The summed E-state index contributed by atoms with van der Waals surface area (Å²) >= 11 is 0. The molecule has 0 spiro atoms. The van der Waals surface area contributed by atoms with Gasteiger partial charge in [0.15, 0.2) is 23.0 Å². The molecule has 0 radical (unpaired) electrons. The Balaban J connectivity index is 0.893. The normalized spacial score (nSPS) is 20.2. The summed E-state index contributed by atoms with van der Waals surface area (Å²) < 4.78 is 65.3. The first kappa shape index (κ1) is 34.5. The summed E-state index contributed by atoms with van der Waals surface area (Å²) in [6.07, 6.45) is -0.565. The summed E-state index contributed by atoms with van der Waals surface area (Å²) in [6, 6.07) is 15.1. The van der Waals surface area contributed by atoms with Crippen LogP contribution in [0, 0.1) is 5.21 Å². The van der Waals surface area contributed by atoms with E-state index in [1.165, 1.54) is 24.3 Å². The Bertz CT molecular complexity index is 2180. The minimum atomic E-state index is -4.29. The molecule has 278 valence electrons. The molecule has 17 heteroatoms. The molecule has 0 bridgehead atoms. The van der Waals surface area contributed by atoms with Crippen LogP contribution < -0.4 is 33.9 Å². The van der Waals surface area contributed by atoms with Crippen molar-refractivity contribution < 1.29 is 56.0 Å². The lowest BCUT2D eigenvalue weighted by atomic mass is 9.70. The van der Waals surface area contributed by atoms with E-state index in [0.29, 0.717) is 36.0 Å². The molecule has 0 saturated carbocycles. The lowest BCUT2D eigenvalue weighted by Gasteiger charge is -2.47. The maximum absolute atomic E-state index is 13.4. The number of benzene rings is 3. The van der Waals surface area contributed by atoms with Gasteiger partial charge in [0.05, 0.1) is 16.6 Å². The third-order valence-corrected chi connectivity index (χ3v) is 11.6. The molecule has 1 N–H and O–H groups in total. The van der Waals surface area contributed by atoms with Crippen molar-refractivity contribution in [1.82, 2.24) is 15.4 Å². The van der Waals surface area contributed by atoms with Crippen molar-refractivity contribution in [3.63, 3.8) is 0 Å². The van der Waals surface area contributed by atoms with Gasteiger partial charge in [-0.25, -0.2) is 8.42 Å². The third kappa shape index (κ3) is 6.43. The van der Waals surface area contributed by atoms with E-state index in [9.17, 15) is 23.2 Å². The van der Waals surface area contributed by atoms with Gasteiger partial charge in [0.2, 0.25) is 19.5 Å². The Morgan fingerprint density at radius 1 is 1.02 bits per heavy atom. The first-order valence-electron chi connectivity index (χ1n) is 17.1. The van der Waals surface area contributed by atoms with Crippen LogP contribution in [0.25, 0.3) is 0 Å². The Labute approximate surface area is 303 Å². The first-order valence-corrected chi connectivity index (χ1v) is 18.6. The molecule has 8 rings (SSSR count). The van der Waals surface area contributed by atoms with Gasteiger partial charge in [-0.1, -0.05) is 24.3 Å². The average Bonchev–Trinajstić information content (AvgIpc) is 3.90. The number of carbonyl (C=O) groups excluding carboxylic acids is 2. The molecule has 53 heavy (non-hydrogen) atoms. The number of sulfone groups is 1. The van der Waals surface area contributed by atoms with Crippen LogP contribution in [0.15, 0.2) is 69.1 Å². The number of hydrogen-bond acceptors (Lipinski definition) is 14. The second kappa shape index (κ2) is 13.8. The lowest BCUT2D eigenvalue weighted by molar-refractivity contribution is -0.832. The van der Waals surface area contributed by atoms with Crippen molar-refractivity contribution in [2.45, 2.75) is 73.2 Å². The molecule has 0 fully saturated rings. The molecule has 4 aliphatic rings. The zero-order chi connectivity index (χ0) is 36.9. The second-order valence-electron chi connectivity index (χ2n) is 13.3. The standard InChI is InChI=1S/C36H36N4O12S/c1-20(50-35-36(40(43)52-38-35)53(44,45)22-7-4-3-5-8-22)16-37-30(41)9-6-10-31(42)51-29-14-21-13-27-28(48-18-47-27)15-24(21)33-32(29)23-11-12-26-34(49-19-46-26)25(23)17-39(33)2/h3-5,7-8,11-13,15,20,29,32-33H,6,9-10,14,16-19H2,1-2H3,(H,37,41)/t20?,29-,32-,33+/m0/s1. The van der Waals surface area contributed by atoms with Gasteiger partial charge in [0.25, 0.3) is 9.84 Å². The second-order valence-corrected chi connectivity index (χ2v) is 15.2. The number of fused-ring (bicyclic) bond motifs is 8. The minimum Gasteiger partial charge on any atom is -0.461 e. The topological polar surface area (TPSA) is 192 Å². The van der Waals surface area contributed by atoms with Gasteiger partial charge < -0.3 is 38.9 Å². The molecular formula is C36H36N4O12S. The number of esters is 1. The van der Waals surface area contributed by atoms with Gasteiger partial charge in [-0.15, -0.1) is 0 Å². The summed E-state index contributed by atoms with van der Waals surface area (Å²) in [7, 11) is -2.26. The van der Waals surface area contributed by atoms with Gasteiger partial charge in [-0.2, -0.15) is 0 Å². The number of nitrogens with zero attached hydrogens (tertiary/aromatic N) is 3. The zero-order valence-electron chi connectivity index (χ0n) is 28.8. The highest BCUT2D eigenvalue weighted by Gasteiger charge is 2.47. The number of amides is 1. The Kier molecular flexibility index (Phi) is 8.98. The molecule has 4 heterocycles. The minimum absolute atomic E-state index is 0.00827. The van der Waals surface area contributed by atoms with Crippen LogP contribution in [0.5, 0.6) is 28.9 Å². The van der Waals surface area contributed by atoms with Gasteiger partial charge in [0, 0.05) is 43.3 Å². The smallest absolute Gasteiger partial charge is 0.415 e. The Morgan fingerprint density at radius 2 is 1.77 bits per heavy atom. The predicted molar refractivity (Wildman–Crippen MR) is 180 cm³/mol. The van der Waals surface area contributed by atoms with E-state index < -0.39 is 38.9 Å². The van der Waals surface area contributed by atoms with Crippen molar-refractivity contribution in [2.24, 2.45) is 0 Å². The predicted octanol–water partition coefficient (Wildman–Crippen LogP) is 3.09.